The summed E-state index contributed by atoms with van der Waals surface area (Å²) in [7, 11) is 0. The van der Waals surface area contributed by atoms with Crippen molar-refractivity contribution in [1.82, 2.24) is 14.6 Å². The average molecular weight is 286 g/mol. The number of hydrogen-bond donors (Lipinski definition) is 1. The van der Waals surface area contributed by atoms with Gasteiger partial charge in [0.2, 0.25) is 5.88 Å². The Bertz CT molecular complexity index is 689. The van der Waals surface area contributed by atoms with E-state index < -0.39 is 0 Å². The van der Waals surface area contributed by atoms with E-state index in [-0.39, 0.29) is 11.3 Å². The highest BCUT2D eigenvalue weighted by Crippen LogP contribution is 2.25. The summed E-state index contributed by atoms with van der Waals surface area (Å²) in [5, 5.41) is 23.9. The molecule has 112 valence electrons. The van der Waals surface area contributed by atoms with Gasteiger partial charge >= 0.3 is 0 Å². The van der Waals surface area contributed by atoms with Gasteiger partial charge in [-0.3, -0.25) is 0 Å². The van der Waals surface area contributed by atoms with Crippen LogP contribution in [0.25, 0.3) is 5.65 Å². The number of aryl methyl sites for hydroxylation is 1. The zero-order chi connectivity index (χ0) is 15.6. The zero-order valence-corrected chi connectivity index (χ0v) is 13.1. The highest BCUT2D eigenvalue weighted by molar-refractivity contribution is 5.54. The second kappa shape index (κ2) is 5.72. The highest BCUT2D eigenvalue weighted by Gasteiger charge is 2.19. The molecule has 2 heterocycles. The van der Waals surface area contributed by atoms with Crippen LogP contribution in [0.4, 0.5) is 0 Å². The van der Waals surface area contributed by atoms with E-state index in [9.17, 15) is 10.4 Å². The molecule has 0 fully saturated rings. The van der Waals surface area contributed by atoms with Crippen molar-refractivity contribution in [3.63, 3.8) is 0 Å². The van der Waals surface area contributed by atoms with Crippen molar-refractivity contribution < 1.29 is 5.11 Å². The van der Waals surface area contributed by atoms with Gasteiger partial charge in [-0.25, -0.2) is 4.98 Å². The lowest BCUT2D eigenvalue weighted by atomic mass is 9.92. The van der Waals surface area contributed by atoms with Gasteiger partial charge in [0.05, 0.1) is 0 Å². The van der Waals surface area contributed by atoms with Crippen LogP contribution < -0.4 is 0 Å². The first-order valence-electron chi connectivity index (χ1n) is 7.36. The lowest BCUT2D eigenvalue weighted by Crippen LogP contribution is -2.10. The minimum Gasteiger partial charge on any atom is -0.492 e. The molecule has 0 aliphatic heterocycles. The fourth-order valence-electron chi connectivity index (χ4n) is 2.33. The third-order valence-electron chi connectivity index (χ3n) is 3.32. The van der Waals surface area contributed by atoms with Gasteiger partial charge in [-0.1, -0.05) is 34.1 Å². The Morgan fingerprint density at radius 3 is 2.67 bits per heavy atom. The molecule has 2 aromatic heterocycles. The van der Waals surface area contributed by atoms with E-state index in [2.05, 4.69) is 43.8 Å². The first kappa shape index (κ1) is 15.3. The predicted octanol–water partition coefficient (Wildman–Crippen LogP) is 3.24. The number of aromatic hydroxyl groups is 1. The van der Waals surface area contributed by atoms with Gasteiger partial charge in [-0.15, -0.1) is 5.10 Å². The van der Waals surface area contributed by atoms with Crippen LogP contribution in [0.3, 0.4) is 0 Å². The molecule has 0 spiro atoms. The van der Waals surface area contributed by atoms with Gasteiger partial charge in [-0.05, 0) is 29.9 Å². The summed E-state index contributed by atoms with van der Waals surface area (Å²) < 4.78 is 1.37. The van der Waals surface area contributed by atoms with E-state index in [1.807, 2.05) is 6.07 Å². The van der Waals surface area contributed by atoms with Crippen molar-refractivity contribution in [2.24, 2.45) is 5.41 Å². The van der Waals surface area contributed by atoms with Gasteiger partial charge < -0.3 is 5.11 Å². The van der Waals surface area contributed by atoms with Crippen LogP contribution >= 0.6 is 0 Å². The number of nitriles is 1. The molecule has 5 nitrogen and oxygen atoms in total. The Balaban J connectivity index is 2.51. The maximum Gasteiger partial charge on any atom is 0.232 e. The van der Waals surface area contributed by atoms with Crippen molar-refractivity contribution in [2.45, 2.75) is 53.4 Å². The van der Waals surface area contributed by atoms with Crippen molar-refractivity contribution in [2.75, 3.05) is 0 Å². The molecule has 2 rings (SSSR count). The number of fused-ring (bicyclic) bond motifs is 1. The fraction of sp³-hybridized carbons (Fsp3) is 0.562. The minimum atomic E-state index is -0.103. The van der Waals surface area contributed by atoms with Gasteiger partial charge in [0.25, 0.3) is 0 Å². The Kier molecular flexibility index (Phi) is 4.17. The van der Waals surface area contributed by atoms with Crippen LogP contribution in [0.5, 0.6) is 5.88 Å². The molecular formula is C16H22N4O. The molecule has 1 N–H and O–H groups in total. The van der Waals surface area contributed by atoms with Gasteiger partial charge in [0, 0.05) is 6.42 Å². The van der Waals surface area contributed by atoms with Gasteiger partial charge in [0.15, 0.2) is 11.5 Å². The first-order chi connectivity index (χ1) is 9.85. The highest BCUT2D eigenvalue weighted by atomic mass is 16.3. The van der Waals surface area contributed by atoms with E-state index >= 15 is 0 Å². The van der Waals surface area contributed by atoms with Crippen LogP contribution in [-0.4, -0.2) is 19.7 Å². The molecule has 0 saturated carbocycles. The van der Waals surface area contributed by atoms with Crippen molar-refractivity contribution in [3.05, 3.63) is 23.0 Å². The Hall–Kier alpha value is -2.09. The number of aromatic nitrogens is 3. The summed E-state index contributed by atoms with van der Waals surface area (Å²) >= 11 is 0. The molecule has 0 amide bonds. The molecule has 0 unspecified atom stereocenters. The number of nitrogens with zero attached hydrogens (tertiary/aromatic N) is 4. The van der Waals surface area contributed by atoms with Crippen LogP contribution in [0.15, 0.2) is 6.07 Å². The molecule has 0 aliphatic rings. The van der Waals surface area contributed by atoms with Crippen molar-refractivity contribution in [1.29, 1.82) is 5.26 Å². The molecule has 0 saturated heterocycles. The van der Waals surface area contributed by atoms with Gasteiger partial charge in [-0.2, -0.15) is 9.78 Å². The molecule has 0 atom stereocenters. The smallest absolute Gasteiger partial charge is 0.232 e. The van der Waals surface area contributed by atoms with E-state index in [0.29, 0.717) is 17.0 Å². The third kappa shape index (κ3) is 3.33. The SMILES string of the molecule is CCCCc1cc2nc(CC(C)(C)C)nn2c(O)c1C#N. The van der Waals surface area contributed by atoms with Crippen LogP contribution in [0.2, 0.25) is 0 Å². The summed E-state index contributed by atoms with van der Waals surface area (Å²) in [6.07, 6.45) is 3.51. The maximum atomic E-state index is 10.3. The molecule has 21 heavy (non-hydrogen) atoms. The van der Waals surface area contributed by atoms with Crippen LogP contribution in [0.1, 0.15) is 57.5 Å². The second-order valence-electron chi connectivity index (χ2n) is 6.62. The summed E-state index contributed by atoms with van der Waals surface area (Å²) in [5.74, 6) is 0.586. The zero-order valence-electron chi connectivity index (χ0n) is 13.1. The summed E-state index contributed by atoms with van der Waals surface area (Å²) in [6.45, 7) is 8.45. The number of pyridine rings is 1. The predicted molar refractivity (Wildman–Crippen MR) is 81.1 cm³/mol. The Morgan fingerprint density at radius 2 is 2.10 bits per heavy atom. The van der Waals surface area contributed by atoms with Gasteiger partial charge in [0.1, 0.15) is 11.6 Å². The topological polar surface area (TPSA) is 74.2 Å². The third-order valence-corrected chi connectivity index (χ3v) is 3.32. The number of hydrogen-bond acceptors (Lipinski definition) is 4. The largest absolute Gasteiger partial charge is 0.492 e. The quantitative estimate of drug-likeness (QED) is 0.936. The van der Waals surface area contributed by atoms with E-state index in [0.717, 1.165) is 31.2 Å². The standard InChI is InChI=1S/C16H22N4O/c1-5-6-7-11-8-14-18-13(9-16(2,3)4)19-20(14)15(21)12(11)10-17/h8,21H,5-7,9H2,1-4H3. The van der Waals surface area contributed by atoms with Crippen LogP contribution in [0, 0.1) is 16.7 Å². The lowest BCUT2D eigenvalue weighted by molar-refractivity contribution is 0.397. The summed E-state index contributed by atoms with van der Waals surface area (Å²) in [4.78, 5) is 4.49. The fourth-order valence-corrected chi connectivity index (χ4v) is 2.33. The first-order valence-corrected chi connectivity index (χ1v) is 7.36. The number of rotatable bonds is 4. The minimum absolute atomic E-state index is 0.0731. The molecule has 0 radical (unpaired) electrons. The molecule has 0 aliphatic carbocycles. The van der Waals surface area contributed by atoms with Crippen LogP contribution in [-0.2, 0) is 12.8 Å². The van der Waals surface area contributed by atoms with E-state index in [1.165, 1.54) is 4.52 Å². The molecule has 0 aromatic carbocycles. The maximum absolute atomic E-state index is 10.3. The van der Waals surface area contributed by atoms with Crippen molar-refractivity contribution in [3.8, 4) is 11.9 Å². The Morgan fingerprint density at radius 1 is 1.38 bits per heavy atom. The van der Waals surface area contributed by atoms with Crippen molar-refractivity contribution >= 4 is 5.65 Å². The molecule has 5 heteroatoms. The van der Waals surface area contributed by atoms with E-state index in [1.54, 1.807) is 0 Å². The monoisotopic (exact) mass is 286 g/mol. The van der Waals surface area contributed by atoms with E-state index in [4.69, 9.17) is 0 Å². The molecule has 2 aromatic rings. The normalized spacial score (nSPS) is 11.8. The molecule has 0 bridgehead atoms. The summed E-state index contributed by atoms with van der Waals surface area (Å²) in [5.41, 5.74) is 1.84. The Labute approximate surface area is 125 Å². The lowest BCUT2D eigenvalue weighted by Gasteiger charge is -2.14. The average Bonchev–Trinajstić information content (AvgIpc) is 2.77. The summed E-state index contributed by atoms with van der Waals surface area (Å²) in [6, 6.07) is 3.95. The second-order valence-corrected chi connectivity index (χ2v) is 6.62. The number of unbranched alkanes of at least 4 members (excludes halogenated alkanes) is 1. The molecular weight excluding hydrogens is 264 g/mol.